The van der Waals surface area contributed by atoms with Crippen molar-refractivity contribution in [2.45, 2.75) is 26.3 Å². The van der Waals surface area contributed by atoms with Crippen LogP contribution in [0.25, 0.3) is 11.2 Å². The third-order valence-corrected chi connectivity index (χ3v) is 8.17. The summed E-state index contributed by atoms with van der Waals surface area (Å²) in [4.78, 5) is 53.9. The van der Waals surface area contributed by atoms with Crippen LogP contribution in [0.2, 0.25) is 0 Å². The van der Waals surface area contributed by atoms with E-state index in [0.29, 0.717) is 55.7 Å². The van der Waals surface area contributed by atoms with Crippen molar-refractivity contribution in [3.8, 4) is 23.5 Å². The van der Waals surface area contributed by atoms with Crippen LogP contribution in [-0.4, -0.2) is 75.5 Å². The largest absolute Gasteiger partial charge is 0.490 e. The zero-order chi connectivity index (χ0) is 42.7. The Morgan fingerprint density at radius 2 is 1.45 bits per heavy atom. The van der Waals surface area contributed by atoms with E-state index in [9.17, 15) is 19.7 Å². The monoisotopic (exact) mass is 851 g/mol. The number of H-pyrrole nitrogens is 2. The van der Waals surface area contributed by atoms with Crippen molar-refractivity contribution in [3.05, 3.63) is 105 Å². The van der Waals surface area contributed by atoms with Crippen LogP contribution >= 0.6 is 0 Å². The third-order valence-electron chi connectivity index (χ3n) is 8.17. The van der Waals surface area contributed by atoms with Gasteiger partial charge in [0.05, 0.1) is 18.1 Å². The molecule has 5 heterocycles. The Hall–Kier alpha value is -7.53. The maximum atomic E-state index is 12.6. The lowest BCUT2D eigenvalue weighted by atomic mass is 10.1. The van der Waals surface area contributed by atoms with Gasteiger partial charge in [-0.2, -0.15) is 14.5 Å². The number of carbonyl (C=O) groups is 1. The van der Waals surface area contributed by atoms with E-state index >= 15 is 0 Å². The van der Waals surface area contributed by atoms with Gasteiger partial charge in [-0.3, -0.25) is 24.7 Å². The molecule has 6 bridgehead atoms. The van der Waals surface area contributed by atoms with Gasteiger partial charge in [0.2, 0.25) is 17.5 Å². The van der Waals surface area contributed by atoms with Crippen molar-refractivity contribution in [2.75, 3.05) is 55.9 Å². The van der Waals surface area contributed by atoms with Crippen LogP contribution in [0, 0.1) is 10.1 Å². The number of nitro groups is 1. The van der Waals surface area contributed by atoms with Crippen LogP contribution < -0.4 is 45.6 Å². The summed E-state index contributed by atoms with van der Waals surface area (Å²) >= 11 is 0. The van der Waals surface area contributed by atoms with E-state index in [2.05, 4.69) is 24.9 Å². The number of rotatable bonds is 2. The highest BCUT2D eigenvalue weighted by Crippen LogP contribution is 2.33. The first-order chi connectivity index (χ1) is 28.7. The smallest absolute Gasteiger partial charge is 0.436 e. The number of amides is 1. The lowest BCUT2D eigenvalue weighted by Crippen LogP contribution is -2.39. The highest BCUT2D eigenvalue weighted by atomic mass is 20.0. The lowest BCUT2D eigenvalue weighted by Gasteiger charge is -2.21. The van der Waals surface area contributed by atoms with E-state index in [4.69, 9.17) is 53.4 Å². The number of anilines is 3. The van der Waals surface area contributed by atoms with Gasteiger partial charge in [-0.05, 0) is 78.0 Å². The van der Waals surface area contributed by atoms with Gasteiger partial charge in [0, 0.05) is 31.3 Å². The zero-order valence-electron chi connectivity index (χ0n) is 31.7. The number of benzene rings is 2. The minimum atomic E-state index is -0.790. The number of aromatic nitrogens is 6. The van der Waals surface area contributed by atoms with Gasteiger partial charge < -0.3 is 35.2 Å². The second-order valence-corrected chi connectivity index (χ2v) is 11.9. The number of aryl methyl sites for hydroxylation is 2. The number of carbonyl (C=O) groups excluding carboxylic acids is 1. The van der Waals surface area contributed by atoms with Gasteiger partial charge in [0.25, 0.3) is 5.65 Å². The average Bonchev–Trinajstić information content (AvgIpc) is 3.64. The number of imidazole rings is 1. The van der Waals surface area contributed by atoms with Gasteiger partial charge in [-0.15, -0.1) is 0 Å². The van der Waals surface area contributed by atoms with Crippen molar-refractivity contribution >= 4 is 40.4 Å². The Labute approximate surface area is 336 Å². The molecule has 0 saturated carbocycles. The highest BCUT2D eigenvalue weighted by molar-refractivity contribution is 5.91. The van der Waals surface area contributed by atoms with Crippen LogP contribution in [0.3, 0.4) is 0 Å². The van der Waals surface area contributed by atoms with E-state index in [0.717, 1.165) is 28.2 Å². The number of nitrogen functional groups attached to an aromatic ring is 2. The number of hydrogen-bond donors (Lipinski definition) is 4. The molecule has 322 valence electrons. The van der Waals surface area contributed by atoms with Gasteiger partial charge in [0.1, 0.15) is 37.9 Å². The summed E-state index contributed by atoms with van der Waals surface area (Å²) in [5, 5.41) is 11.6. The number of hydrogen-bond acceptors (Lipinski definition) is 14. The molecule has 2 aliphatic rings. The SMILES string of the molecule is CCOC(=O)N1CCc2cccc(c2)OC/C=C\COc2nc(N)c([N+](=O)[O-])c1n2.F.FF.FF.Nc1nc2[n+](c3[nH]c(=O)[nH]c13)CCc1cccc(c1)OC/C=C\CO2. The number of aromatic amines is 2. The fourth-order valence-electron chi connectivity index (χ4n) is 5.62. The standard InChI is InChI=1S/C19H21N5O6.C17H17N5O3.2F2.FH/c1-2-28-19(25)23-9-8-13-6-5-7-14(12-13)29-10-3-4-11-30-18-21-16(20)15(24(26)27)17(23)22-18;18-14-13-15(21-16(23)19-13)22-7-6-11-4-3-5-12(10-11)24-8-1-2-9-25-17(22)20-14;2*1-2;/h3-7,12H,2,8-11H2,1H3,(H2,20,21,22);1-5,10H,6-9H2,(H3,18,19,21,23);;;1H/p+1/b4-3-;2-1-;;;. The topological polar surface area (TPSA) is 253 Å². The summed E-state index contributed by atoms with van der Waals surface area (Å²) in [6, 6.07) is 15.4. The number of nitrogens with one attached hydrogen (secondary N) is 2. The van der Waals surface area contributed by atoms with E-state index in [1.807, 2.05) is 65.3 Å². The van der Waals surface area contributed by atoms with Crippen molar-refractivity contribution in [1.29, 1.82) is 0 Å². The molecule has 1 amide bonds. The molecule has 0 radical (unpaired) electrons. The minimum absolute atomic E-state index is 0. The quantitative estimate of drug-likeness (QED) is 0.0598. The first-order valence-corrected chi connectivity index (χ1v) is 17.5. The molecule has 0 spiro atoms. The molecule has 0 aliphatic carbocycles. The first kappa shape index (κ1) is 46.8. The Morgan fingerprint density at radius 3 is 2.05 bits per heavy atom. The molecule has 5 aromatic rings. The minimum Gasteiger partial charge on any atom is -0.490 e. The van der Waals surface area contributed by atoms with Gasteiger partial charge >= 0.3 is 29.5 Å². The fourth-order valence-corrected chi connectivity index (χ4v) is 5.62. The molecule has 2 aromatic carbocycles. The van der Waals surface area contributed by atoms with Crippen molar-refractivity contribution < 1.29 is 61.0 Å². The zero-order valence-corrected chi connectivity index (χ0v) is 31.7. The summed E-state index contributed by atoms with van der Waals surface area (Å²) in [6.45, 7) is 3.55. The lowest BCUT2D eigenvalue weighted by molar-refractivity contribution is -0.680. The van der Waals surface area contributed by atoms with Gasteiger partial charge in [-0.25, -0.2) is 14.6 Å². The molecule has 0 atom stereocenters. The van der Waals surface area contributed by atoms with E-state index in [1.165, 1.54) is 0 Å². The molecule has 7 rings (SSSR count). The molecule has 0 unspecified atom stereocenters. The molecule has 19 nitrogen and oxygen atoms in total. The van der Waals surface area contributed by atoms with Gasteiger partial charge in [-0.1, -0.05) is 24.3 Å². The molecular formula is C36H40F5N10O9+. The predicted octanol–water partition coefficient (Wildman–Crippen LogP) is 5.02. The van der Waals surface area contributed by atoms with E-state index in [1.54, 1.807) is 19.1 Å². The second kappa shape index (κ2) is 23.6. The molecule has 60 heavy (non-hydrogen) atoms. The number of nitrogens with two attached hydrogens (primary N) is 2. The maximum Gasteiger partial charge on any atom is 0.436 e. The normalized spacial score (nSPS) is 14.3. The van der Waals surface area contributed by atoms with Crippen LogP contribution in [0.1, 0.15) is 18.1 Å². The van der Waals surface area contributed by atoms with Crippen molar-refractivity contribution in [2.24, 2.45) is 0 Å². The van der Waals surface area contributed by atoms with Crippen molar-refractivity contribution in [3.63, 3.8) is 0 Å². The Balaban J connectivity index is 0.000000295. The van der Waals surface area contributed by atoms with E-state index < -0.39 is 22.5 Å². The summed E-state index contributed by atoms with van der Waals surface area (Å²) in [5.74, 6) is 1.01. The summed E-state index contributed by atoms with van der Waals surface area (Å²) < 4.78 is 61.4. The van der Waals surface area contributed by atoms with E-state index in [-0.39, 0.29) is 47.8 Å². The molecule has 3 aromatic heterocycles. The molecule has 6 N–H and O–H groups in total. The summed E-state index contributed by atoms with van der Waals surface area (Å²) in [6.07, 6.45) is 7.48. The molecule has 0 saturated heterocycles. The average molecular weight is 852 g/mol. The number of ether oxygens (including phenoxy) is 5. The van der Waals surface area contributed by atoms with Gasteiger partial charge in [0.15, 0.2) is 5.52 Å². The number of halogens is 5. The Morgan fingerprint density at radius 1 is 0.867 bits per heavy atom. The van der Waals surface area contributed by atoms with Crippen LogP contribution in [0.4, 0.5) is 50.9 Å². The maximum absolute atomic E-state index is 12.6. The second-order valence-electron chi connectivity index (χ2n) is 11.9. The predicted molar refractivity (Wildman–Crippen MR) is 206 cm³/mol. The third kappa shape index (κ3) is 12.5. The number of nitrogens with zero attached hydrogens (tertiary/aromatic N) is 6. The Bertz CT molecular complexity index is 2310. The Kier molecular flexibility index (Phi) is 18.5. The molecule has 24 heteroatoms. The molecule has 0 fully saturated rings. The number of fused-ring (bicyclic) bond motifs is 9. The summed E-state index contributed by atoms with van der Waals surface area (Å²) in [7, 11) is 0. The fraction of sp³-hybridized carbons (Fsp3) is 0.278. The highest BCUT2D eigenvalue weighted by Gasteiger charge is 2.32. The van der Waals surface area contributed by atoms with Crippen LogP contribution in [0.5, 0.6) is 23.5 Å². The van der Waals surface area contributed by atoms with Crippen LogP contribution in [0.15, 0.2) is 77.6 Å². The summed E-state index contributed by atoms with van der Waals surface area (Å²) in [5.41, 5.74) is 13.8. The molecular weight excluding hydrogens is 811 g/mol. The molecule has 2 aliphatic heterocycles. The van der Waals surface area contributed by atoms with Crippen molar-refractivity contribution in [1.82, 2.24) is 24.9 Å². The van der Waals surface area contributed by atoms with Crippen LogP contribution in [-0.2, 0) is 24.1 Å². The first-order valence-electron chi connectivity index (χ1n) is 17.5.